The molecule has 8 nitrogen and oxygen atoms in total. The predicted octanol–water partition coefficient (Wildman–Crippen LogP) is 3.45. The molecular formula is C17H13ClN4O4. The number of nitrogens with one attached hydrogen (secondary N) is 1. The predicted molar refractivity (Wildman–Crippen MR) is 95.8 cm³/mol. The first-order chi connectivity index (χ1) is 12.5. The molecule has 0 aliphatic heterocycles. The number of ether oxygens (including phenoxy) is 1. The van der Waals surface area contributed by atoms with Gasteiger partial charge in [0, 0.05) is 30.2 Å². The summed E-state index contributed by atoms with van der Waals surface area (Å²) >= 11 is 6.23. The molecule has 0 unspecified atom stereocenters. The van der Waals surface area contributed by atoms with Crippen molar-refractivity contribution in [3.63, 3.8) is 0 Å². The molecule has 132 valence electrons. The van der Waals surface area contributed by atoms with Gasteiger partial charge in [-0.2, -0.15) is 0 Å². The number of hydrogen-bond donors (Lipinski definition) is 1. The minimum atomic E-state index is -0.506. The third-order valence-electron chi connectivity index (χ3n) is 3.43. The summed E-state index contributed by atoms with van der Waals surface area (Å²) in [6, 6.07) is 10.6. The van der Waals surface area contributed by atoms with Crippen molar-refractivity contribution in [2.24, 2.45) is 0 Å². The Balaban J connectivity index is 1.58. The second kappa shape index (κ2) is 7.66. The second-order valence-corrected chi connectivity index (χ2v) is 5.63. The molecule has 0 aliphatic rings. The standard InChI is InChI=1S/C17H13ClN4O4/c18-15-9-12(1-6-16(15)21-8-7-19-11-21)20-17(23)10-26-14-4-2-13(3-5-14)22(24)25/h1-9,11H,10H2,(H,20,23). The van der Waals surface area contributed by atoms with Crippen molar-refractivity contribution < 1.29 is 14.5 Å². The lowest BCUT2D eigenvalue weighted by molar-refractivity contribution is -0.384. The Kier molecular flexibility index (Phi) is 5.14. The van der Waals surface area contributed by atoms with Gasteiger partial charge in [0.15, 0.2) is 6.61 Å². The van der Waals surface area contributed by atoms with Crippen molar-refractivity contribution in [1.82, 2.24) is 9.55 Å². The van der Waals surface area contributed by atoms with Crippen molar-refractivity contribution in [1.29, 1.82) is 0 Å². The zero-order valence-corrected chi connectivity index (χ0v) is 14.1. The summed E-state index contributed by atoms with van der Waals surface area (Å²) in [5, 5.41) is 13.7. The van der Waals surface area contributed by atoms with Crippen LogP contribution in [0.4, 0.5) is 11.4 Å². The number of imidazole rings is 1. The maximum atomic E-state index is 12.0. The first-order valence-electron chi connectivity index (χ1n) is 7.48. The van der Waals surface area contributed by atoms with Crippen molar-refractivity contribution in [2.45, 2.75) is 0 Å². The molecule has 3 aromatic rings. The number of hydrogen-bond acceptors (Lipinski definition) is 5. The lowest BCUT2D eigenvalue weighted by atomic mass is 10.2. The molecule has 0 aliphatic carbocycles. The maximum Gasteiger partial charge on any atom is 0.269 e. The Hall–Kier alpha value is -3.39. The van der Waals surface area contributed by atoms with Crippen LogP contribution in [0, 0.1) is 10.1 Å². The van der Waals surface area contributed by atoms with Crippen LogP contribution in [0.25, 0.3) is 5.69 Å². The van der Waals surface area contributed by atoms with Gasteiger partial charge in [0.2, 0.25) is 0 Å². The minimum absolute atomic E-state index is 0.0468. The van der Waals surface area contributed by atoms with E-state index in [1.54, 1.807) is 41.5 Å². The van der Waals surface area contributed by atoms with E-state index in [0.717, 1.165) is 5.69 Å². The lowest BCUT2D eigenvalue weighted by Gasteiger charge is -2.10. The van der Waals surface area contributed by atoms with Gasteiger partial charge in [0.1, 0.15) is 5.75 Å². The molecule has 1 aromatic heterocycles. The van der Waals surface area contributed by atoms with E-state index in [0.29, 0.717) is 16.5 Å². The lowest BCUT2D eigenvalue weighted by Crippen LogP contribution is -2.20. The van der Waals surface area contributed by atoms with Crippen LogP contribution in [0.2, 0.25) is 5.02 Å². The van der Waals surface area contributed by atoms with E-state index >= 15 is 0 Å². The van der Waals surface area contributed by atoms with Crippen LogP contribution >= 0.6 is 11.6 Å². The molecule has 3 rings (SSSR count). The van der Waals surface area contributed by atoms with Crippen molar-refractivity contribution in [3.8, 4) is 11.4 Å². The number of anilines is 1. The minimum Gasteiger partial charge on any atom is -0.484 e. The number of rotatable bonds is 6. The molecular weight excluding hydrogens is 360 g/mol. The topological polar surface area (TPSA) is 99.3 Å². The highest BCUT2D eigenvalue weighted by Crippen LogP contribution is 2.24. The van der Waals surface area contributed by atoms with Gasteiger partial charge in [0.25, 0.3) is 11.6 Å². The van der Waals surface area contributed by atoms with E-state index in [4.69, 9.17) is 16.3 Å². The zero-order chi connectivity index (χ0) is 18.5. The van der Waals surface area contributed by atoms with Crippen LogP contribution in [0.1, 0.15) is 0 Å². The normalized spacial score (nSPS) is 10.3. The summed E-state index contributed by atoms with van der Waals surface area (Å²) in [6.07, 6.45) is 5.02. The highest BCUT2D eigenvalue weighted by Gasteiger charge is 2.09. The molecule has 2 aromatic carbocycles. The Morgan fingerprint density at radius 1 is 1.27 bits per heavy atom. The number of amides is 1. The monoisotopic (exact) mass is 372 g/mol. The fourth-order valence-electron chi connectivity index (χ4n) is 2.21. The van der Waals surface area contributed by atoms with E-state index in [-0.39, 0.29) is 18.2 Å². The number of nitro groups is 1. The quantitative estimate of drug-likeness (QED) is 0.527. The molecule has 0 spiro atoms. The molecule has 0 radical (unpaired) electrons. The zero-order valence-electron chi connectivity index (χ0n) is 13.3. The molecule has 0 saturated carbocycles. The number of carbonyl (C=O) groups is 1. The average molecular weight is 373 g/mol. The van der Waals surface area contributed by atoms with Gasteiger partial charge in [-0.15, -0.1) is 0 Å². The number of benzene rings is 2. The molecule has 0 fully saturated rings. The fraction of sp³-hybridized carbons (Fsp3) is 0.0588. The Bertz CT molecular complexity index is 926. The van der Waals surface area contributed by atoms with Gasteiger partial charge in [-0.25, -0.2) is 4.98 Å². The van der Waals surface area contributed by atoms with E-state index in [1.165, 1.54) is 24.3 Å². The van der Waals surface area contributed by atoms with Crippen molar-refractivity contribution in [3.05, 3.63) is 76.3 Å². The number of non-ortho nitro benzene ring substituents is 1. The first-order valence-corrected chi connectivity index (χ1v) is 7.86. The molecule has 1 heterocycles. The number of nitro benzene ring substituents is 1. The second-order valence-electron chi connectivity index (χ2n) is 5.22. The number of carbonyl (C=O) groups excluding carboxylic acids is 1. The Labute approximate surface area is 153 Å². The largest absolute Gasteiger partial charge is 0.484 e. The summed E-state index contributed by atoms with van der Waals surface area (Å²) in [6.45, 7) is -0.237. The highest BCUT2D eigenvalue weighted by atomic mass is 35.5. The van der Waals surface area contributed by atoms with Crippen LogP contribution in [0.5, 0.6) is 5.75 Å². The fourth-order valence-corrected chi connectivity index (χ4v) is 2.48. The van der Waals surface area contributed by atoms with Crippen LogP contribution < -0.4 is 10.1 Å². The smallest absolute Gasteiger partial charge is 0.269 e. The SMILES string of the molecule is O=C(COc1ccc([N+](=O)[O-])cc1)Nc1ccc(-n2ccnc2)c(Cl)c1. The van der Waals surface area contributed by atoms with Gasteiger partial charge in [0.05, 0.1) is 22.0 Å². The Morgan fingerprint density at radius 2 is 2.04 bits per heavy atom. The van der Waals surface area contributed by atoms with Gasteiger partial charge in [-0.3, -0.25) is 14.9 Å². The number of nitrogens with zero attached hydrogens (tertiary/aromatic N) is 3. The van der Waals surface area contributed by atoms with Crippen LogP contribution in [-0.2, 0) is 4.79 Å². The molecule has 26 heavy (non-hydrogen) atoms. The van der Waals surface area contributed by atoms with Gasteiger partial charge in [-0.1, -0.05) is 11.6 Å². The summed E-state index contributed by atoms with van der Waals surface area (Å²) in [5.74, 6) is -0.0194. The average Bonchev–Trinajstić information content (AvgIpc) is 3.15. The van der Waals surface area contributed by atoms with Crippen LogP contribution in [-0.4, -0.2) is 27.0 Å². The van der Waals surface area contributed by atoms with Gasteiger partial charge < -0.3 is 14.6 Å². The molecule has 1 N–H and O–H groups in total. The first kappa shape index (κ1) is 17.4. The van der Waals surface area contributed by atoms with Crippen LogP contribution in [0.15, 0.2) is 61.2 Å². The van der Waals surface area contributed by atoms with E-state index in [1.807, 2.05) is 0 Å². The summed E-state index contributed by atoms with van der Waals surface area (Å²) < 4.78 is 7.06. The Morgan fingerprint density at radius 3 is 2.65 bits per heavy atom. The molecule has 0 bridgehead atoms. The summed E-state index contributed by atoms with van der Waals surface area (Å²) in [7, 11) is 0. The molecule has 0 saturated heterocycles. The number of aromatic nitrogens is 2. The molecule has 9 heteroatoms. The van der Waals surface area contributed by atoms with Gasteiger partial charge >= 0.3 is 0 Å². The van der Waals surface area contributed by atoms with Crippen LogP contribution in [0.3, 0.4) is 0 Å². The maximum absolute atomic E-state index is 12.0. The summed E-state index contributed by atoms with van der Waals surface area (Å²) in [4.78, 5) is 26.0. The van der Waals surface area contributed by atoms with Crippen molar-refractivity contribution >= 4 is 28.9 Å². The number of halogens is 1. The van der Waals surface area contributed by atoms with E-state index < -0.39 is 4.92 Å². The molecule has 0 atom stereocenters. The van der Waals surface area contributed by atoms with Gasteiger partial charge in [-0.05, 0) is 30.3 Å². The van der Waals surface area contributed by atoms with E-state index in [9.17, 15) is 14.9 Å². The molecule has 1 amide bonds. The third-order valence-corrected chi connectivity index (χ3v) is 3.73. The van der Waals surface area contributed by atoms with E-state index in [2.05, 4.69) is 10.3 Å². The summed E-state index contributed by atoms with van der Waals surface area (Å²) in [5.41, 5.74) is 1.22. The van der Waals surface area contributed by atoms with Crippen molar-refractivity contribution in [2.75, 3.05) is 11.9 Å². The third kappa shape index (κ3) is 4.17. The highest BCUT2D eigenvalue weighted by molar-refractivity contribution is 6.32.